The highest BCUT2D eigenvalue weighted by atomic mass is 32.2. The predicted molar refractivity (Wildman–Crippen MR) is 126 cm³/mol. The Morgan fingerprint density at radius 1 is 1.09 bits per heavy atom. The van der Waals surface area contributed by atoms with Crippen molar-refractivity contribution in [1.29, 1.82) is 5.26 Å². The van der Waals surface area contributed by atoms with E-state index in [1.54, 1.807) is 11.8 Å². The van der Waals surface area contributed by atoms with Crippen LogP contribution in [0.3, 0.4) is 0 Å². The Labute approximate surface area is 193 Å². The van der Waals surface area contributed by atoms with Crippen LogP contribution < -0.4 is 0 Å². The van der Waals surface area contributed by atoms with Crippen molar-refractivity contribution >= 4 is 11.8 Å². The Kier molecular flexibility index (Phi) is 5.56. The lowest BCUT2D eigenvalue weighted by molar-refractivity contribution is -0.0254. The van der Waals surface area contributed by atoms with Crippen molar-refractivity contribution in [2.45, 2.75) is 61.0 Å². The van der Waals surface area contributed by atoms with Crippen LogP contribution in [-0.4, -0.2) is 26.1 Å². The molecular formula is C26H28N4OS. The normalized spacial score (nSPS) is 25.4. The van der Waals surface area contributed by atoms with E-state index in [0.717, 1.165) is 17.7 Å². The van der Waals surface area contributed by atoms with E-state index in [2.05, 4.69) is 24.5 Å². The summed E-state index contributed by atoms with van der Waals surface area (Å²) in [6.45, 7) is 0.801. The molecule has 1 aromatic heterocycles. The molecule has 2 aromatic carbocycles. The third-order valence-corrected chi connectivity index (χ3v) is 7.74. The van der Waals surface area contributed by atoms with Crippen molar-refractivity contribution in [3.05, 3.63) is 66.0 Å². The summed E-state index contributed by atoms with van der Waals surface area (Å²) in [4.78, 5) is 6.06. The zero-order valence-electron chi connectivity index (χ0n) is 18.4. The van der Waals surface area contributed by atoms with Crippen molar-refractivity contribution in [3.63, 3.8) is 0 Å². The minimum absolute atomic E-state index is 0.503. The number of hydrogen-bond acceptors (Lipinski definition) is 5. The van der Waals surface area contributed by atoms with E-state index in [-0.39, 0.29) is 0 Å². The molecule has 2 aliphatic rings. The number of aliphatic hydroxyl groups is 1. The molecule has 2 aliphatic carbocycles. The molecule has 0 radical (unpaired) electrons. The van der Waals surface area contributed by atoms with E-state index in [1.165, 1.54) is 17.7 Å². The van der Waals surface area contributed by atoms with Crippen LogP contribution in [0.1, 0.15) is 49.9 Å². The molecule has 0 atom stereocenters. The molecule has 2 saturated carbocycles. The van der Waals surface area contributed by atoms with Gasteiger partial charge in [0.2, 0.25) is 0 Å². The number of nitrogens with zero attached hydrogens (tertiary/aromatic N) is 4. The number of rotatable bonds is 6. The molecule has 0 amide bonds. The summed E-state index contributed by atoms with van der Waals surface area (Å²) in [7, 11) is 0. The highest BCUT2D eigenvalue weighted by Gasteiger charge is 2.46. The van der Waals surface area contributed by atoms with Gasteiger partial charge in [-0.05, 0) is 68.4 Å². The minimum Gasteiger partial charge on any atom is -0.382 e. The van der Waals surface area contributed by atoms with Gasteiger partial charge in [-0.25, -0.2) is 9.67 Å². The Morgan fingerprint density at radius 2 is 1.84 bits per heavy atom. The van der Waals surface area contributed by atoms with E-state index >= 15 is 0 Å². The summed E-state index contributed by atoms with van der Waals surface area (Å²) >= 11 is 1.69. The topological polar surface area (TPSA) is 74.7 Å². The number of aromatic nitrogens is 3. The molecule has 0 bridgehead atoms. The van der Waals surface area contributed by atoms with E-state index in [1.807, 2.05) is 47.1 Å². The standard InChI is InChI=1S/C26H28N4OS/c1-32-22-9-5-6-20(16-22)23-28-24(30(29-23)17-19-10-11-19)26(31)14-12-25(18-27,13-15-26)21-7-3-2-4-8-21/h2-9,16,19,31H,10-15,17H2,1H3. The lowest BCUT2D eigenvalue weighted by Crippen LogP contribution is -2.40. The summed E-state index contributed by atoms with van der Waals surface area (Å²) < 4.78 is 1.95. The molecule has 3 aromatic rings. The van der Waals surface area contributed by atoms with Crippen molar-refractivity contribution < 1.29 is 5.11 Å². The number of thioether (sulfide) groups is 1. The van der Waals surface area contributed by atoms with Gasteiger partial charge in [-0.15, -0.1) is 11.8 Å². The first-order valence-corrected chi connectivity index (χ1v) is 12.6. The highest BCUT2D eigenvalue weighted by Crippen LogP contribution is 2.47. The van der Waals surface area contributed by atoms with Crippen molar-refractivity contribution in [2.75, 3.05) is 6.26 Å². The van der Waals surface area contributed by atoms with Crippen LogP contribution in [0.15, 0.2) is 59.5 Å². The van der Waals surface area contributed by atoms with E-state index in [9.17, 15) is 10.4 Å². The molecule has 5 nitrogen and oxygen atoms in total. The fourth-order valence-corrected chi connectivity index (χ4v) is 5.24. The maximum Gasteiger partial charge on any atom is 0.181 e. The Bertz CT molecular complexity index is 1140. The van der Waals surface area contributed by atoms with Gasteiger partial charge in [-0.2, -0.15) is 10.4 Å². The summed E-state index contributed by atoms with van der Waals surface area (Å²) in [5.74, 6) is 1.95. The molecule has 6 heteroatoms. The van der Waals surface area contributed by atoms with Gasteiger partial charge in [-0.1, -0.05) is 42.5 Å². The van der Waals surface area contributed by atoms with Crippen LogP contribution in [-0.2, 0) is 17.6 Å². The average Bonchev–Trinajstić information content (AvgIpc) is 3.56. The zero-order chi connectivity index (χ0) is 22.2. The molecule has 1 heterocycles. The maximum absolute atomic E-state index is 11.8. The Hall–Kier alpha value is -2.62. The maximum atomic E-state index is 11.8. The second-order valence-electron chi connectivity index (χ2n) is 9.21. The second kappa shape index (κ2) is 8.38. The molecule has 32 heavy (non-hydrogen) atoms. The van der Waals surface area contributed by atoms with Crippen molar-refractivity contribution in [2.24, 2.45) is 5.92 Å². The molecule has 0 unspecified atom stereocenters. The second-order valence-corrected chi connectivity index (χ2v) is 10.1. The molecule has 0 aliphatic heterocycles. The molecule has 0 spiro atoms. The highest BCUT2D eigenvalue weighted by molar-refractivity contribution is 7.98. The van der Waals surface area contributed by atoms with Gasteiger partial charge < -0.3 is 5.11 Å². The molecular weight excluding hydrogens is 416 g/mol. The number of nitriles is 1. The molecule has 2 fully saturated rings. The summed E-state index contributed by atoms with van der Waals surface area (Å²) in [6.07, 6.45) is 6.70. The van der Waals surface area contributed by atoms with Gasteiger partial charge in [0, 0.05) is 17.0 Å². The lowest BCUT2D eigenvalue weighted by Gasteiger charge is -2.40. The van der Waals surface area contributed by atoms with Crippen LogP contribution in [0.25, 0.3) is 11.4 Å². The first kappa shape index (κ1) is 21.2. The lowest BCUT2D eigenvalue weighted by atomic mass is 9.66. The van der Waals surface area contributed by atoms with Crippen molar-refractivity contribution in [3.8, 4) is 17.5 Å². The number of benzene rings is 2. The van der Waals surface area contributed by atoms with Gasteiger partial charge in [-0.3, -0.25) is 0 Å². The third kappa shape index (κ3) is 3.96. The van der Waals surface area contributed by atoms with Crippen LogP contribution in [0.4, 0.5) is 0 Å². The number of hydrogen-bond donors (Lipinski definition) is 1. The van der Waals surface area contributed by atoms with Crippen LogP contribution in [0.2, 0.25) is 0 Å². The third-order valence-electron chi connectivity index (χ3n) is 7.02. The zero-order valence-corrected chi connectivity index (χ0v) is 19.2. The quantitative estimate of drug-likeness (QED) is 0.522. The fourth-order valence-electron chi connectivity index (χ4n) is 4.78. The molecule has 164 valence electrons. The summed E-state index contributed by atoms with van der Waals surface area (Å²) in [5.41, 5.74) is 0.401. The molecule has 5 rings (SSSR count). The SMILES string of the molecule is CSc1cccc(-c2nc(C3(O)CCC(C#N)(c4ccccc4)CC3)n(CC3CC3)n2)c1. The predicted octanol–water partition coefficient (Wildman–Crippen LogP) is 5.30. The van der Waals surface area contributed by atoms with Crippen LogP contribution >= 0.6 is 11.8 Å². The van der Waals surface area contributed by atoms with Gasteiger partial charge in [0.25, 0.3) is 0 Å². The monoisotopic (exact) mass is 444 g/mol. The Morgan fingerprint density at radius 3 is 2.50 bits per heavy atom. The van der Waals surface area contributed by atoms with Crippen molar-refractivity contribution in [1.82, 2.24) is 14.8 Å². The van der Waals surface area contributed by atoms with Gasteiger partial charge in [0.05, 0.1) is 11.5 Å². The van der Waals surface area contributed by atoms with E-state index in [0.29, 0.717) is 43.3 Å². The summed E-state index contributed by atoms with van der Waals surface area (Å²) in [5, 5.41) is 26.7. The van der Waals surface area contributed by atoms with Gasteiger partial charge >= 0.3 is 0 Å². The van der Waals surface area contributed by atoms with Gasteiger partial charge in [0.15, 0.2) is 11.6 Å². The van der Waals surface area contributed by atoms with E-state index < -0.39 is 11.0 Å². The van der Waals surface area contributed by atoms with Crippen LogP contribution in [0, 0.1) is 17.2 Å². The van der Waals surface area contributed by atoms with Crippen LogP contribution in [0.5, 0.6) is 0 Å². The molecule has 1 N–H and O–H groups in total. The Balaban J connectivity index is 1.47. The minimum atomic E-state index is -1.06. The smallest absolute Gasteiger partial charge is 0.181 e. The first-order valence-electron chi connectivity index (χ1n) is 11.3. The molecule has 0 saturated heterocycles. The van der Waals surface area contributed by atoms with E-state index in [4.69, 9.17) is 10.1 Å². The largest absolute Gasteiger partial charge is 0.382 e. The van der Waals surface area contributed by atoms with Gasteiger partial charge in [0.1, 0.15) is 5.60 Å². The first-order chi connectivity index (χ1) is 15.5. The summed E-state index contributed by atoms with van der Waals surface area (Å²) in [6, 6.07) is 20.8. The average molecular weight is 445 g/mol. The fraction of sp³-hybridized carbons (Fsp3) is 0.423.